The second-order valence-electron chi connectivity index (χ2n) is 7.04. The summed E-state index contributed by atoms with van der Waals surface area (Å²) in [5, 5.41) is 3.88. The third-order valence-electron chi connectivity index (χ3n) is 4.95. The van der Waals surface area contributed by atoms with Crippen molar-refractivity contribution in [3.8, 4) is 11.5 Å². The van der Waals surface area contributed by atoms with Crippen LogP contribution in [0.2, 0.25) is 0 Å². The first kappa shape index (κ1) is 18.3. The largest absolute Gasteiger partial charge is 0.454 e. The molecule has 1 aliphatic rings. The van der Waals surface area contributed by atoms with E-state index in [4.69, 9.17) is 9.47 Å². The second kappa shape index (κ2) is 7.52. The molecule has 0 bridgehead atoms. The smallest absolute Gasteiger partial charge is 0.240 e. The number of halogens is 1. The topological polar surface area (TPSA) is 55.7 Å². The van der Waals surface area contributed by atoms with Gasteiger partial charge in [0, 0.05) is 12.7 Å². The van der Waals surface area contributed by atoms with Gasteiger partial charge in [-0.05, 0) is 61.4 Å². The lowest BCUT2D eigenvalue weighted by molar-refractivity contribution is -0.121. The Kier molecular flexibility index (Phi) is 4.92. The quantitative estimate of drug-likeness (QED) is 0.711. The summed E-state index contributed by atoms with van der Waals surface area (Å²) < 4.78 is 26.1. The summed E-state index contributed by atoms with van der Waals surface area (Å²) in [4.78, 5) is 14.5. The molecule has 1 aliphatic heterocycles. The average Bonchev–Trinajstić information content (AvgIpc) is 3.28. The lowest BCUT2D eigenvalue weighted by Gasteiger charge is -2.25. The minimum Gasteiger partial charge on any atom is -0.454 e. The van der Waals surface area contributed by atoms with Crippen LogP contribution in [0.4, 0.5) is 4.39 Å². The van der Waals surface area contributed by atoms with Gasteiger partial charge in [0.15, 0.2) is 11.5 Å². The molecule has 1 atom stereocenters. The zero-order valence-corrected chi connectivity index (χ0v) is 15.8. The molecule has 1 unspecified atom stereocenters. The molecule has 0 fully saturated rings. The van der Waals surface area contributed by atoms with Crippen LogP contribution in [0.15, 0.2) is 48.7 Å². The van der Waals surface area contributed by atoms with Crippen molar-refractivity contribution >= 4 is 16.8 Å². The number of fused-ring (bicyclic) bond motifs is 2. The van der Waals surface area contributed by atoms with E-state index in [0.29, 0.717) is 12.1 Å². The first-order valence-corrected chi connectivity index (χ1v) is 9.08. The van der Waals surface area contributed by atoms with E-state index in [1.54, 1.807) is 16.8 Å². The second-order valence-corrected chi connectivity index (χ2v) is 7.04. The summed E-state index contributed by atoms with van der Waals surface area (Å²) in [6.07, 6.45) is 1.80. The van der Waals surface area contributed by atoms with E-state index in [9.17, 15) is 9.18 Å². The number of benzene rings is 2. The molecule has 7 heteroatoms. The molecule has 0 spiro atoms. The lowest BCUT2D eigenvalue weighted by Crippen LogP contribution is -2.36. The van der Waals surface area contributed by atoms with E-state index >= 15 is 0 Å². The zero-order valence-electron chi connectivity index (χ0n) is 15.8. The standard InChI is InChI=1S/C21H22FN3O3/c1-24(2)18(15-4-6-19-20(9-15)28-13-27-19)11-23-21(26)12-25-8-7-14-3-5-16(22)10-17(14)25/h3-10,18H,11-13H2,1-2H3,(H,23,26). The summed E-state index contributed by atoms with van der Waals surface area (Å²) in [5.74, 6) is 1.01. The maximum Gasteiger partial charge on any atom is 0.240 e. The first-order valence-electron chi connectivity index (χ1n) is 9.08. The van der Waals surface area contributed by atoms with Crippen molar-refractivity contribution in [1.82, 2.24) is 14.8 Å². The van der Waals surface area contributed by atoms with E-state index < -0.39 is 0 Å². The summed E-state index contributed by atoms with van der Waals surface area (Å²) in [6.45, 7) is 0.806. The molecule has 4 rings (SSSR count). The van der Waals surface area contributed by atoms with Gasteiger partial charge in [-0.3, -0.25) is 4.79 Å². The van der Waals surface area contributed by atoms with Crippen molar-refractivity contribution in [2.75, 3.05) is 27.4 Å². The van der Waals surface area contributed by atoms with Gasteiger partial charge < -0.3 is 24.3 Å². The van der Waals surface area contributed by atoms with Crippen molar-refractivity contribution in [3.63, 3.8) is 0 Å². The Balaban J connectivity index is 1.44. The Labute approximate surface area is 162 Å². The normalized spacial score (nSPS) is 13.9. The molecule has 0 radical (unpaired) electrons. The van der Waals surface area contributed by atoms with Crippen molar-refractivity contribution in [1.29, 1.82) is 0 Å². The first-order chi connectivity index (χ1) is 13.5. The van der Waals surface area contributed by atoms with E-state index in [2.05, 4.69) is 5.32 Å². The van der Waals surface area contributed by atoms with Crippen LogP contribution in [0.5, 0.6) is 11.5 Å². The van der Waals surface area contributed by atoms with Gasteiger partial charge in [-0.1, -0.05) is 6.07 Å². The number of aromatic nitrogens is 1. The van der Waals surface area contributed by atoms with E-state index in [0.717, 1.165) is 22.4 Å². The Hall–Kier alpha value is -3.06. The number of nitrogens with one attached hydrogen (secondary N) is 1. The SMILES string of the molecule is CN(C)C(CNC(=O)Cn1ccc2ccc(F)cc21)c1ccc2c(c1)OCO2. The van der Waals surface area contributed by atoms with Gasteiger partial charge in [0.25, 0.3) is 0 Å². The highest BCUT2D eigenvalue weighted by Crippen LogP contribution is 2.34. The molecule has 6 nitrogen and oxygen atoms in total. The fourth-order valence-electron chi connectivity index (χ4n) is 3.44. The zero-order chi connectivity index (χ0) is 19.7. The monoisotopic (exact) mass is 383 g/mol. The van der Waals surface area contributed by atoms with Crippen LogP contribution >= 0.6 is 0 Å². The van der Waals surface area contributed by atoms with Gasteiger partial charge in [0.2, 0.25) is 12.7 Å². The molecule has 1 N–H and O–H groups in total. The van der Waals surface area contributed by atoms with E-state index in [-0.39, 0.29) is 31.1 Å². The van der Waals surface area contributed by atoms with E-state index in [1.165, 1.54) is 12.1 Å². The number of ether oxygens (including phenoxy) is 2. The number of carbonyl (C=O) groups is 1. The van der Waals surface area contributed by atoms with Crippen LogP contribution in [0.1, 0.15) is 11.6 Å². The molecule has 1 aromatic heterocycles. The number of nitrogens with zero attached hydrogens (tertiary/aromatic N) is 2. The number of amides is 1. The lowest BCUT2D eigenvalue weighted by atomic mass is 10.1. The molecule has 146 valence electrons. The van der Waals surface area contributed by atoms with Gasteiger partial charge in [0.05, 0.1) is 11.6 Å². The van der Waals surface area contributed by atoms with Crippen LogP contribution in [0.3, 0.4) is 0 Å². The fraction of sp³-hybridized carbons (Fsp3) is 0.286. The van der Waals surface area contributed by atoms with Crippen LogP contribution in [0.25, 0.3) is 10.9 Å². The van der Waals surface area contributed by atoms with Gasteiger partial charge in [-0.15, -0.1) is 0 Å². The number of likely N-dealkylation sites (N-methyl/N-ethyl adjacent to an activating group) is 1. The Morgan fingerprint density at radius 2 is 2.00 bits per heavy atom. The van der Waals surface area contributed by atoms with Crippen molar-refractivity contribution in [2.24, 2.45) is 0 Å². The maximum absolute atomic E-state index is 13.5. The van der Waals surface area contributed by atoms with Gasteiger partial charge in [0.1, 0.15) is 12.4 Å². The van der Waals surface area contributed by atoms with Crippen LogP contribution in [-0.4, -0.2) is 42.8 Å². The highest BCUT2D eigenvalue weighted by atomic mass is 19.1. The number of hydrogen-bond acceptors (Lipinski definition) is 4. The fourth-order valence-corrected chi connectivity index (χ4v) is 3.44. The van der Waals surface area contributed by atoms with Gasteiger partial charge in [-0.25, -0.2) is 4.39 Å². The third-order valence-corrected chi connectivity index (χ3v) is 4.95. The summed E-state index contributed by atoms with van der Waals surface area (Å²) in [5.41, 5.74) is 1.73. The summed E-state index contributed by atoms with van der Waals surface area (Å²) >= 11 is 0. The molecular formula is C21H22FN3O3. The summed E-state index contributed by atoms with van der Waals surface area (Å²) in [6, 6.07) is 12.2. The van der Waals surface area contributed by atoms with Crippen molar-refractivity contribution in [3.05, 3.63) is 60.0 Å². The predicted molar refractivity (Wildman–Crippen MR) is 104 cm³/mol. The van der Waals surface area contributed by atoms with Crippen LogP contribution < -0.4 is 14.8 Å². The van der Waals surface area contributed by atoms with Crippen LogP contribution in [-0.2, 0) is 11.3 Å². The highest BCUT2D eigenvalue weighted by Gasteiger charge is 2.20. The van der Waals surface area contributed by atoms with Crippen molar-refractivity contribution in [2.45, 2.75) is 12.6 Å². The Bertz CT molecular complexity index is 1020. The van der Waals surface area contributed by atoms with Crippen molar-refractivity contribution < 1.29 is 18.7 Å². The molecule has 1 amide bonds. The highest BCUT2D eigenvalue weighted by molar-refractivity contribution is 5.83. The molecular weight excluding hydrogens is 361 g/mol. The minimum atomic E-state index is -0.316. The molecule has 3 aromatic rings. The predicted octanol–water partition coefficient (Wildman–Crippen LogP) is 2.93. The minimum absolute atomic E-state index is 0.0164. The number of carbonyl (C=O) groups excluding carboxylic acids is 1. The van der Waals surface area contributed by atoms with E-state index in [1.807, 2.05) is 43.3 Å². The maximum atomic E-state index is 13.5. The Morgan fingerprint density at radius 3 is 2.82 bits per heavy atom. The third kappa shape index (κ3) is 3.66. The molecule has 28 heavy (non-hydrogen) atoms. The average molecular weight is 383 g/mol. The molecule has 0 aliphatic carbocycles. The molecule has 0 saturated carbocycles. The molecule has 2 heterocycles. The number of rotatable bonds is 6. The summed E-state index contributed by atoms with van der Waals surface area (Å²) in [7, 11) is 3.92. The van der Waals surface area contributed by atoms with Crippen LogP contribution in [0, 0.1) is 5.82 Å². The molecule has 0 saturated heterocycles. The number of hydrogen-bond donors (Lipinski definition) is 1. The molecule has 2 aromatic carbocycles. The van der Waals surface area contributed by atoms with Gasteiger partial charge >= 0.3 is 0 Å². The Morgan fingerprint density at radius 1 is 1.18 bits per heavy atom. The van der Waals surface area contributed by atoms with Gasteiger partial charge in [-0.2, -0.15) is 0 Å².